The lowest BCUT2D eigenvalue weighted by Gasteiger charge is -2.16. The molecule has 0 saturated heterocycles. The summed E-state index contributed by atoms with van der Waals surface area (Å²) in [7, 11) is 1.49. The number of alkyl carbamates (subject to hydrolysis) is 1. The van der Waals surface area contributed by atoms with E-state index in [-0.39, 0.29) is 6.61 Å². The minimum atomic E-state index is -0.799. The van der Waals surface area contributed by atoms with Crippen molar-refractivity contribution in [1.82, 2.24) is 5.32 Å². The van der Waals surface area contributed by atoms with Gasteiger partial charge in [-0.15, -0.1) is 0 Å². The highest BCUT2D eigenvalue weighted by molar-refractivity contribution is 6.31. The SMILES string of the molecule is COc1ccc(Cl)cc1NC(=O)C(C)NC(=O)OCc1ccccc1. The normalized spacial score (nSPS) is 11.3. The molecule has 7 heteroatoms. The van der Waals surface area contributed by atoms with Crippen LogP contribution in [0.4, 0.5) is 10.5 Å². The van der Waals surface area contributed by atoms with Crippen LogP contribution >= 0.6 is 11.6 Å². The number of ether oxygens (including phenoxy) is 2. The van der Waals surface area contributed by atoms with Crippen LogP contribution in [0.2, 0.25) is 5.02 Å². The molecule has 0 aromatic heterocycles. The summed E-state index contributed by atoms with van der Waals surface area (Å²) in [6.07, 6.45) is -0.676. The molecule has 0 fully saturated rings. The number of amides is 2. The molecule has 2 aromatic rings. The number of nitrogens with one attached hydrogen (secondary N) is 2. The number of methoxy groups -OCH3 is 1. The fourth-order valence-electron chi connectivity index (χ4n) is 2.03. The molecule has 1 unspecified atom stereocenters. The van der Waals surface area contributed by atoms with E-state index in [0.717, 1.165) is 5.56 Å². The Hall–Kier alpha value is -2.73. The van der Waals surface area contributed by atoms with Crippen LogP contribution in [-0.4, -0.2) is 25.2 Å². The van der Waals surface area contributed by atoms with E-state index in [9.17, 15) is 9.59 Å². The van der Waals surface area contributed by atoms with Crippen LogP contribution in [0, 0.1) is 0 Å². The Labute approximate surface area is 151 Å². The van der Waals surface area contributed by atoms with E-state index in [1.54, 1.807) is 25.1 Å². The number of rotatable bonds is 6. The fourth-order valence-corrected chi connectivity index (χ4v) is 2.20. The molecule has 0 saturated carbocycles. The second kappa shape index (κ2) is 8.94. The lowest BCUT2D eigenvalue weighted by Crippen LogP contribution is -2.41. The molecule has 2 rings (SSSR count). The van der Waals surface area contributed by atoms with Gasteiger partial charge in [-0.2, -0.15) is 0 Å². The monoisotopic (exact) mass is 362 g/mol. The molecule has 1 atom stereocenters. The molecule has 0 aliphatic carbocycles. The summed E-state index contributed by atoms with van der Waals surface area (Å²) in [6.45, 7) is 1.68. The third kappa shape index (κ3) is 5.69. The van der Waals surface area contributed by atoms with Gasteiger partial charge in [0.25, 0.3) is 0 Å². The first kappa shape index (κ1) is 18.6. The van der Waals surface area contributed by atoms with Crippen LogP contribution in [0.25, 0.3) is 0 Å². The van der Waals surface area contributed by atoms with E-state index in [1.807, 2.05) is 30.3 Å². The number of carbonyl (C=O) groups is 2. The van der Waals surface area contributed by atoms with Gasteiger partial charge in [0.1, 0.15) is 18.4 Å². The Balaban J connectivity index is 1.87. The van der Waals surface area contributed by atoms with E-state index < -0.39 is 18.0 Å². The lowest BCUT2D eigenvalue weighted by molar-refractivity contribution is -0.117. The molecule has 132 valence electrons. The smallest absolute Gasteiger partial charge is 0.408 e. The van der Waals surface area contributed by atoms with E-state index in [0.29, 0.717) is 16.5 Å². The van der Waals surface area contributed by atoms with Crippen molar-refractivity contribution >= 4 is 29.3 Å². The molecule has 0 bridgehead atoms. The van der Waals surface area contributed by atoms with Crippen LogP contribution in [-0.2, 0) is 16.1 Å². The molecule has 6 nitrogen and oxygen atoms in total. The van der Waals surface area contributed by atoms with Gasteiger partial charge in [-0.05, 0) is 30.7 Å². The zero-order chi connectivity index (χ0) is 18.2. The topological polar surface area (TPSA) is 76.7 Å². The Kier molecular flexibility index (Phi) is 6.65. The van der Waals surface area contributed by atoms with Crippen molar-refractivity contribution in [1.29, 1.82) is 0 Å². The van der Waals surface area contributed by atoms with Crippen LogP contribution in [0.15, 0.2) is 48.5 Å². The minimum absolute atomic E-state index is 0.128. The highest BCUT2D eigenvalue weighted by Crippen LogP contribution is 2.27. The summed E-state index contributed by atoms with van der Waals surface area (Å²) in [5.74, 6) is 0.0498. The highest BCUT2D eigenvalue weighted by Gasteiger charge is 2.18. The molecule has 2 aromatic carbocycles. The molecule has 0 aliphatic heterocycles. The number of anilines is 1. The van der Waals surface area contributed by atoms with Gasteiger partial charge in [-0.3, -0.25) is 4.79 Å². The maximum Gasteiger partial charge on any atom is 0.408 e. The largest absolute Gasteiger partial charge is 0.495 e. The minimum Gasteiger partial charge on any atom is -0.495 e. The average molecular weight is 363 g/mol. The summed E-state index contributed by atoms with van der Waals surface area (Å²) in [4.78, 5) is 24.0. The van der Waals surface area contributed by atoms with E-state index in [2.05, 4.69) is 10.6 Å². The molecule has 2 N–H and O–H groups in total. The molecular formula is C18H19ClN2O4. The first-order valence-corrected chi connectivity index (χ1v) is 7.99. The average Bonchev–Trinajstić information content (AvgIpc) is 2.61. The molecule has 0 heterocycles. The summed E-state index contributed by atoms with van der Waals surface area (Å²) in [5, 5.41) is 5.60. The van der Waals surface area contributed by atoms with Crippen molar-refractivity contribution in [3.8, 4) is 5.75 Å². The van der Waals surface area contributed by atoms with Gasteiger partial charge in [0.2, 0.25) is 5.91 Å². The van der Waals surface area contributed by atoms with Crippen molar-refractivity contribution in [3.63, 3.8) is 0 Å². The molecule has 0 radical (unpaired) electrons. The van der Waals surface area contributed by atoms with Gasteiger partial charge in [0.15, 0.2) is 0 Å². The van der Waals surface area contributed by atoms with E-state index >= 15 is 0 Å². The van der Waals surface area contributed by atoms with Gasteiger partial charge in [-0.1, -0.05) is 41.9 Å². The zero-order valence-electron chi connectivity index (χ0n) is 13.9. The molecule has 2 amide bonds. The third-order valence-corrected chi connectivity index (χ3v) is 3.59. The number of hydrogen-bond donors (Lipinski definition) is 2. The predicted octanol–water partition coefficient (Wildman–Crippen LogP) is 3.60. The van der Waals surface area contributed by atoms with Crippen molar-refractivity contribution in [2.24, 2.45) is 0 Å². The quantitative estimate of drug-likeness (QED) is 0.823. The Morgan fingerprint density at radius 3 is 2.56 bits per heavy atom. The Morgan fingerprint density at radius 1 is 1.16 bits per heavy atom. The summed E-state index contributed by atoms with van der Waals surface area (Å²) >= 11 is 5.92. The number of carbonyl (C=O) groups excluding carboxylic acids is 2. The van der Waals surface area contributed by atoms with Gasteiger partial charge in [-0.25, -0.2) is 4.79 Å². The van der Waals surface area contributed by atoms with Gasteiger partial charge in [0, 0.05) is 5.02 Å². The first-order chi connectivity index (χ1) is 12.0. The summed E-state index contributed by atoms with van der Waals surface area (Å²) in [6, 6.07) is 13.3. The van der Waals surface area contributed by atoms with Gasteiger partial charge >= 0.3 is 6.09 Å². The predicted molar refractivity (Wildman–Crippen MR) is 95.9 cm³/mol. The second-order valence-corrected chi connectivity index (χ2v) is 5.70. The zero-order valence-corrected chi connectivity index (χ0v) is 14.7. The Morgan fingerprint density at radius 2 is 1.88 bits per heavy atom. The molecule has 0 aliphatic rings. The van der Waals surface area contributed by atoms with Crippen molar-refractivity contribution in [2.75, 3.05) is 12.4 Å². The van der Waals surface area contributed by atoms with Crippen molar-refractivity contribution < 1.29 is 19.1 Å². The van der Waals surface area contributed by atoms with Crippen LogP contribution in [0.3, 0.4) is 0 Å². The van der Waals surface area contributed by atoms with Crippen LogP contribution < -0.4 is 15.4 Å². The molecule has 25 heavy (non-hydrogen) atoms. The lowest BCUT2D eigenvalue weighted by atomic mass is 10.2. The third-order valence-electron chi connectivity index (χ3n) is 3.36. The summed E-state index contributed by atoms with van der Waals surface area (Å²) < 4.78 is 10.3. The van der Waals surface area contributed by atoms with Crippen LogP contribution in [0.5, 0.6) is 5.75 Å². The Bertz CT molecular complexity index is 737. The van der Waals surface area contributed by atoms with Gasteiger partial charge < -0.3 is 20.1 Å². The maximum atomic E-state index is 12.2. The fraction of sp³-hybridized carbons (Fsp3) is 0.222. The van der Waals surface area contributed by atoms with Crippen molar-refractivity contribution in [2.45, 2.75) is 19.6 Å². The van der Waals surface area contributed by atoms with Crippen molar-refractivity contribution in [3.05, 3.63) is 59.1 Å². The molecular weight excluding hydrogens is 344 g/mol. The molecule has 0 spiro atoms. The highest BCUT2D eigenvalue weighted by atomic mass is 35.5. The van der Waals surface area contributed by atoms with Crippen LogP contribution in [0.1, 0.15) is 12.5 Å². The van der Waals surface area contributed by atoms with E-state index in [4.69, 9.17) is 21.1 Å². The second-order valence-electron chi connectivity index (χ2n) is 5.26. The number of hydrogen-bond acceptors (Lipinski definition) is 4. The van der Waals surface area contributed by atoms with E-state index in [1.165, 1.54) is 7.11 Å². The summed E-state index contributed by atoms with van der Waals surface area (Å²) in [5.41, 5.74) is 1.28. The number of benzene rings is 2. The standard InChI is InChI=1S/C18H19ClN2O4/c1-12(20-18(23)25-11-13-6-4-3-5-7-13)17(22)21-15-10-14(19)8-9-16(15)24-2/h3-10,12H,11H2,1-2H3,(H,20,23)(H,21,22). The number of halogens is 1. The first-order valence-electron chi connectivity index (χ1n) is 7.61. The van der Waals surface area contributed by atoms with Gasteiger partial charge in [0.05, 0.1) is 12.8 Å². The maximum absolute atomic E-state index is 12.2.